The molecule has 2 aromatic rings. The Hall–Kier alpha value is -2.94. The van der Waals surface area contributed by atoms with Crippen LogP contribution in [0, 0.1) is 11.6 Å². The summed E-state index contributed by atoms with van der Waals surface area (Å²) in [5, 5.41) is 2.45. The molecule has 0 bridgehead atoms. The van der Waals surface area contributed by atoms with Crippen LogP contribution in [-0.2, 0) is 19.4 Å². The number of hydrogen-bond acceptors (Lipinski definition) is 6. The third-order valence-electron chi connectivity index (χ3n) is 3.34. The minimum atomic E-state index is -4.23. The molecule has 138 valence electrons. The van der Waals surface area contributed by atoms with Crippen LogP contribution in [0.2, 0.25) is 0 Å². The van der Waals surface area contributed by atoms with Gasteiger partial charge in [-0.05, 0) is 36.4 Å². The van der Waals surface area contributed by atoms with Gasteiger partial charge in [0.1, 0.15) is 5.75 Å². The smallest absolute Gasteiger partial charge is 0.351 e. The molecule has 2 aromatic carbocycles. The fourth-order valence-electron chi connectivity index (χ4n) is 1.96. The van der Waals surface area contributed by atoms with Crippen molar-refractivity contribution in [1.29, 1.82) is 0 Å². The molecule has 0 saturated carbocycles. The first-order chi connectivity index (χ1) is 12.3. The van der Waals surface area contributed by atoms with E-state index in [1.54, 1.807) is 0 Å². The van der Waals surface area contributed by atoms with Gasteiger partial charge < -0.3 is 14.8 Å². The number of methoxy groups -OCH3 is 2. The van der Waals surface area contributed by atoms with E-state index in [0.29, 0.717) is 5.75 Å². The number of anilines is 1. The average molecular weight is 383 g/mol. The molecule has 0 unspecified atom stereocenters. The normalized spacial score (nSPS) is 11.8. The van der Waals surface area contributed by atoms with E-state index in [9.17, 15) is 22.0 Å². The van der Waals surface area contributed by atoms with Crippen molar-refractivity contribution in [3.8, 4) is 5.75 Å². The fraction of sp³-hybridized carbons (Fsp3) is 0.118. The fourth-order valence-corrected chi connectivity index (χ4v) is 3.23. The summed E-state index contributed by atoms with van der Waals surface area (Å²) in [6.07, 6.45) is 0.859. The second-order valence-corrected chi connectivity index (χ2v) is 6.87. The standard InChI is InChI=1S/C17H15F2NO5S/c1-24-12-4-6-13(7-5-12)26(22,23)16(17(21)25-2)10-20-11-3-8-14(18)15(19)9-11/h3-10,20H,1-2H3/b16-10+. The number of rotatable bonds is 6. The Morgan fingerprint density at radius 3 is 2.23 bits per heavy atom. The molecule has 0 radical (unpaired) electrons. The highest BCUT2D eigenvalue weighted by Crippen LogP contribution is 2.23. The Balaban J connectivity index is 2.41. The molecule has 6 nitrogen and oxygen atoms in total. The molecule has 0 heterocycles. The number of esters is 1. The van der Waals surface area contributed by atoms with Crippen molar-refractivity contribution in [2.75, 3.05) is 19.5 Å². The maximum Gasteiger partial charge on any atom is 0.351 e. The largest absolute Gasteiger partial charge is 0.497 e. The van der Waals surface area contributed by atoms with Crippen LogP contribution >= 0.6 is 0 Å². The van der Waals surface area contributed by atoms with Crippen LogP contribution in [0.5, 0.6) is 5.75 Å². The van der Waals surface area contributed by atoms with Crippen molar-refractivity contribution in [3.05, 3.63) is 65.2 Å². The van der Waals surface area contributed by atoms with Gasteiger partial charge in [0.15, 0.2) is 16.5 Å². The highest BCUT2D eigenvalue weighted by Gasteiger charge is 2.28. The monoisotopic (exact) mass is 383 g/mol. The van der Waals surface area contributed by atoms with E-state index >= 15 is 0 Å². The number of benzene rings is 2. The molecule has 26 heavy (non-hydrogen) atoms. The van der Waals surface area contributed by atoms with Gasteiger partial charge >= 0.3 is 5.97 Å². The molecule has 0 aliphatic carbocycles. The number of sulfone groups is 1. The molecular weight excluding hydrogens is 368 g/mol. The van der Waals surface area contributed by atoms with Crippen molar-refractivity contribution in [2.24, 2.45) is 0 Å². The van der Waals surface area contributed by atoms with E-state index in [-0.39, 0.29) is 10.6 Å². The van der Waals surface area contributed by atoms with Crippen LogP contribution in [-0.4, -0.2) is 28.6 Å². The summed E-state index contributed by atoms with van der Waals surface area (Å²) >= 11 is 0. The molecular formula is C17H15F2NO5S. The second-order valence-electron chi connectivity index (χ2n) is 4.95. The highest BCUT2D eigenvalue weighted by atomic mass is 32.2. The molecule has 0 aliphatic heterocycles. The Bertz CT molecular complexity index is 940. The van der Waals surface area contributed by atoms with Crippen molar-refractivity contribution >= 4 is 21.5 Å². The molecule has 0 fully saturated rings. The Labute approximate surface area is 149 Å². The van der Waals surface area contributed by atoms with Gasteiger partial charge in [-0.2, -0.15) is 0 Å². The number of carbonyl (C=O) groups is 1. The summed E-state index contributed by atoms with van der Waals surface area (Å²) in [5.74, 6) is -2.86. The second kappa shape index (κ2) is 7.96. The molecule has 9 heteroatoms. The third-order valence-corrected chi connectivity index (χ3v) is 5.09. The van der Waals surface area contributed by atoms with Gasteiger partial charge in [0.25, 0.3) is 0 Å². The third kappa shape index (κ3) is 4.17. The van der Waals surface area contributed by atoms with Crippen LogP contribution in [0.25, 0.3) is 0 Å². The van der Waals surface area contributed by atoms with Crippen LogP contribution in [0.15, 0.2) is 58.5 Å². The lowest BCUT2D eigenvalue weighted by molar-refractivity contribution is -0.135. The van der Waals surface area contributed by atoms with Crippen LogP contribution in [0.1, 0.15) is 0 Å². The van der Waals surface area contributed by atoms with Crippen molar-refractivity contribution in [2.45, 2.75) is 4.90 Å². The van der Waals surface area contributed by atoms with E-state index in [0.717, 1.165) is 25.4 Å². The Morgan fingerprint density at radius 1 is 1.04 bits per heavy atom. The van der Waals surface area contributed by atoms with Gasteiger partial charge in [-0.15, -0.1) is 0 Å². The summed E-state index contributed by atoms with van der Waals surface area (Å²) in [7, 11) is -1.77. The van der Waals surface area contributed by atoms with Crippen LogP contribution in [0.3, 0.4) is 0 Å². The van der Waals surface area contributed by atoms with Gasteiger partial charge in [-0.1, -0.05) is 0 Å². The van der Waals surface area contributed by atoms with E-state index in [2.05, 4.69) is 10.1 Å². The maximum atomic E-state index is 13.2. The summed E-state index contributed by atoms with van der Waals surface area (Å²) < 4.78 is 61.0. The zero-order valence-electron chi connectivity index (χ0n) is 13.8. The maximum absolute atomic E-state index is 13.2. The van der Waals surface area contributed by atoms with E-state index in [1.165, 1.54) is 37.4 Å². The lowest BCUT2D eigenvalue weighted by atomic mass is 10.3. The molecule has 0 atom stereocenters. The molecule has 0 spiro atoms. The number of halogens is 2. The molecule has 0 saturated heterocycles. The summed E-state index contributed by atoms with van der Waals surface area (Å²) in [6, 6.07) is 8.24. The molecule has 2 rings (SSSR count). The molecule has 0 aromatic heterocycles. The first kappa shape index (κ1) is 19.4. The molecule has 0 amide bonds. The molecule has 1 N–H and O–H groups in total. The predicted octanol–water partition coefficient (Wildman–Crippen LogP) is 2.87. The van der Waals surface area contributed by atoms with Gasteiger partial charge in [0.2, 0.25) is 9.84 Å². The van der Waals surface area contributed by atoms with Crippen LogP contribution < -0.4 is 10.1 Å². The number of nitrogens with one attached hydrogen (secondary N) is 1. The summed E-state index contributed by atoms with van der Waals surface area (Å²) in [5.41, 5.74) is 0.0511. The summed E-state index contributed by atoms with van der Waals surface area (Å²) in [4.78, 5) is 11.1. The average Bonchev–Trinajstić information content (AvgIpc) is 2.64. The number of hydrogen-bond donors (Lipinski definition) is 1. The first-order valence-electron chi connectivity index (χ1n) is 7.19. The summed E-state index contributed by atoms with van der Waals surface area (Å²) in [6.45, 7) is 0. The first-order valence-corrected chi connectivity index (χ1v) is 8.67. The minimum absolute atomic E-state index is 0.0511. The van der Waals surface area contributed by atoms with Gasteiger partial charge in [0.05, 0.1) is 19.1 Å². The number of ether oxygens (including phenoxy) is 2. The predicted molar refractivity (Wildman–Crippen MR) is 90.3 cm³/mol. The quantitative estimate of drug-likeness (QED) is 0.610. The van der Waals surface area contributed by atoms with Crippen molar-refractivity contribution in [3.63, 3.8) is 0 Å². The number of carbonyl (C=O) groups excluding carboxylic acids is 1. The minimum Gasteiger partial charge on any atom is -0.497 e. The van der Waals surface area contributed by atoms with Crippen molar-refractivity contribution < 1.29 is 31.5 Å². The van der Waals surface area contributed by atoms with E-state index < -0.39 is 32.3 Å². The van der Waals surface area contributed by atoms with E-state index in [4.69, 9.17) is 4.74 Å². The Morgan fingerprint density at radius 2 is 1.69 bits per heavy atom. The highest BCUT2D eigenvalue weighted by molar-refractivity contribution is 7.96. The van der Waals surface area contributed by atoms with Gasteiger partial charge in [0, 0.05) is 18.0 Å². The van der Waals surface area contributed by atoms with Crippen LogP contribution in [0.4, 0.5) is 14.5 Å². The SMILES string of the molecule is COC(=O)/C(=C\Nc1ccc(F)c(F)c1)S(=O)(=O)c1ccc(OC)cc1. The zero-order valence-corrected chi connectivity index (χ0v) is 14.6. The van der Waals surface area contributed by atoms with Crippen molar-refractivity contribution in [1.82, 2.24) is 0 Å². The zero-order chi connectivity index (χ0) is 19.3. The Kier molecular flexibility index (Phi) is 5.93. The topological polar surface area (TPSA) is 81.7 Å². The lowest BCUT2D eigenvalue weighted by Crippen LogP contribution is -2.17. The van der Waals surface area contributed by atoms with Gasteiger partial charge in [-0.25, -0.2) is 22.0 Å². The lowest BCUT2D eigenvalue weighted by Gasteiger charge is -2.09. The van der Waals surface area contributed by atoms with E-state index in [1.807, 2.05) is 0 Å². The molecule has 0 aliphatic rings. The van der Waals surface area contributed by atoms with Gasteiger partial charge in [-0.3, -0.25) is 0 Å².